The van der Waals surface area contributed by atoms with E-state index in [1.54, 1.807) is 25.3 Å². The highest BCUT2D eigenvalue weighted by molar-refractivity contribution is 9.10. The van der Waals surface area contributed by atoms with Crippen LogP contribution in [-0.4, -0.2) is 24.1 Å². The standard InChI is InChI=1S/C20H17BrN2O4S/c1-12(24)22-20-23-19(25)18(28-20)10-14-5-8-16(17(9-14)26-2)27-11-13-3-6-15(21)7-4-13/h3-10H,11H2,1-2H3,(H,22,23,24,25). The van der Waals surface area contributed by atoms with Gasteiger partial charge in [-0.05, 0) is 53.2 Å². The summed E-state index contributed by atoms with van der Waals surface area (Å²) in [4.78, 5) is 27.3. The fourth-order valence-corrected chi connectivity index (χ4v) is 3.52. The van der Waals surface area contributed by atoms with Crippen LogP contribution in [0, 0.1) is 0 Å². The van der Waals surface area contributed by atoms with Crippen molar-refractivity contribution >= 4 is 50.7 Å². The first-order valence-electron chi connectivity index (χ1n) is 8.30. The molecule has 0 bridgehead atoms. The van der Waals surface area contributed by atoms with E-state index in [1.807, 2.05) is 30.3 Å². The van der Waals surface area contributed by atoms with Crippen molar-refractivity contribution in [1.82, 2.24) is 5.32 Å². The molecule has 0 aliphatic carbocycles. The maximum atomic E-state index is 12.0. The summed E-state index contributed by atoms with van der Waals surface area (Å²) in [6.07, 6.45) is 1.70. The lowest BCUT2D eigenvalue weighted by molar-refractivity contribution is -0.117. The number of carbonyl (C=O) groups excluding carboxylic acids is 2. The number of hydrogen-bond acceptors (Lipinski definition) is 5. The Morgan fingerprint density at radius 3 is 2.64 bits per heavy atom. The van der Waals surface area contributed by atoms with E-state index in [2.05, 4.69) is 26.2 Å². The van der Waals surface area contributed by atoms with Crippen LogP contribution in [0.15, 0.2) is 56.8 Å². The predicted octanol–water partition coefficient (Wildman–Crippen LogP) is 4.14. The summed E-state index contributed by atoms with van der Waals surface area (Å²) >= 11 is 4.53. The highest BCUT2D eigenvalue weighted by Crippen LogP contribution is 2.32. The number of ether oxygens (including phenoxy) is 2. The second-order valence-corrected chi connectivity index (χ2v) is 7.79. The third kappa shape index (κ3) is 5.24. The second kappa shape index (κ2) is 9.07. The summed E-state index contributed by atoms with van der Waals surface area (Å²) in [5.41, 5.74) is 1.80. The number of carbonyl (C=O) groups is 2. The number of thioether (sulfide) groups is 1. The number of nitrogens with zero attached hydrogens (tertiary/aromatic N) is 1. The minimum atomic E-state index is -0.386. The molecule has 0 atom stereocenters. The fourth-order valence-electron chi connectivity index (χ4n) is 2.40. The SMILES string of the molecule is COc1cc(C=C2SC(NC(C)=O)=NC2=O)ccc1OCc1ccc(Br)cc1. The van der Waals surface area contributed by atoms with Gasteiger partial charge in [-0.15, -0.1) is 0 Å². The molecule has 3 rings (SSSR count). The van der Waals surface area contributed by atoms with Crippen LogP contribution in [0.5, 0.6) is 11.5 Å². The zero-order chi connectivity index (χ0) is 20.1. The molecule has 1 aliphatic heterocycles. The van der Waals surface area contributed by atoms with E-state index in [-0.39, 0.29) is 17.0 Å². The van der Waals surface area contributed by atoms with E-state index < -0.39 is 0 Å². The predicted molar refractivity (Wildman–Crippen MR) is 113 cm³/mol. The van der Waals surface area contributed by atoms with Crippen molar-refractivity contribution in [3.8, 4) is 11.5 Å². The number of rotatable bonds is 5. The Balaban J connectivity index is 1.72. The maximum Gasteiger partial charge on any atom is 0.286 e. The van der Waals surface area contributed by atoms with E-state index in [4.69, 9.17) is 9.47 Å². The van der Waals surface area contributed by atoms with Gasteiger partial charge in [-0.2, -0.15) is 4.99 Å². The van der Waals surface area contributed by atoms with Crippen molar-refractivity contribution in [1.29, 1.82) is 0 Å². The Bertz CT molecular complexity index is 971. The molecule has 2 aromatic rings. The quantitative estimate of drug-likeness (QED) is 0.678. The Kier molecular flexibility index (Phi) is 6.53. The van der Waals surface area contributed by atoms with Crippen LogP contribution in [0.4, 0.5) is 0 Å². The highest BCUT2D eigenvalue weighted by atomic mass is 79.9. The number of hydrogen-bond donors (Lipinski definition) is 1. The van der Waals surface area contributed by atoms with Crippen molar-refractivity contribution in [2.45, 2.75) is 13.5 Å². The van der Waals surface area contributed by atoms with Gasteiger partial charge in [0.15, 0.2) is 16.7 Å². The van der Waals surface area contributed by atoms with Gasteiger partial charge in [-0.1, -0.05) is 34.1 Å². The van der Waals surface area contributed by atoms with Crippen molar-refractivity contribution in [2.24, 2.45) is 4.99 Å². The molecule has 0 aromatic heterocycles. The van der Waals surface area contributed by atoms with Gasteiger partial charge >= 0.3 is 0 Å². The van der Waals surface area contributed by atoms with Gasteiger partial charge in [0.2, 0.25) is 5.91 Å². The van der Waals surface area contributed by atoms with Crippen LogP contribution < -0.4 is 14.8 Å². The molecule has 0 saturated heterocycles. The van der Waals surface area contributed by atoms with E-state index in [1.165, 1.54) is 6.92 Å². The number of nitrogens with one attached hydrogen (secondary N) is 1. The van der Waals surface area contributed by atoms with Crippen molar-refractivity contribution in [3.05, 3.63) is 63.0 Å². The summed E-state index contributed by atoms with van der Waals surface area (Å²) in [5.74, 6) is 0.510. The molecule has 1 heterocycles. The van der Waals surface area contributed by atoms with Gasteiger partial charge in [-0.25, -0.2) is 0 Å². The van der Waals surface area contributed by atoms with Crippen LogP contribution in [0.25, 0.3) is 6.08 Å². The fraction of sp³-hybridized carbons (Fsp3) is 0.150. The molecule has 0 saturated carbocycles. The number of halogens is 1. The first kappa shape index (κ1) is 20.2. The molecule has 144 valence electrons. The van der Waals surface area contributed by atoms with E-state index in [0.29, 0.717) is 23.0 Å². The second-order valence-electron chi connectivity index (χ2n) is 5.84. The van der Waals surface area contributed by atoms with Crippen LogP contribution in [0.2, 0.25) is 0 Å². The Labute approximate surface area is 175 Å². The lowest BCUT2D eigenvalue weighted by Crippen LogP contribution is -2.23. The summed E-state index contributed by atoms with van der Waals surface area (Å²) < 4.78 is 12.3. The number of aliphatic imine (C=N–C) groups is 1. The van der Waals surface area contributed by atoms with Gasteiger partial charge in [0, 0.05) is 11.4 Å². The average molecular weight is 461 g/mol. The van der Waals surface area contributed by atoms with Crippen LogP contribution in [-0.2, 0) is 16.2 Å². The minimum absolute atomic E-state index is 0.269. The van der Waals surface area contributed by atoms with Gasteiger partial charge in [-0.3, -0.25) is 9.59 Å². The monoisotopic (exact) mass is 460 g/mol. The highest BCUT2D eigenvalue weighted by Gasteiger charge is 2.22. The first-order valence-corrected chi connectivity index (χ1v) is 9.91. The Hall–Kier alpha value is -2.58. The summed E-state index contributed by atoms with van der Waals surface area (Å²) in [6.45, 7) is 1.78. The van der Waals surface area contributed by atoms with Crippen LogP contribution in [0.3, 0.4) is 0 Å². The lowest BCUT2D eigenvalue weighted by atomic mass is 10.2. The Morgan fingerprint density at radius 2 is 1.96 bits per heavy atom. The molecule has 0 radical (unpaired) electrons. The number of amidine groups is 1. The molecule has 28 heavy (non-hydrogen) atoms. The molecule has 8 heteroatoms. The third-order valence-electron chi connectivity index (χ3n) is 3.70. The van der Waals surface area contributed by atoms with Crippen molar-refractivity contribution in [3.63, 3.8) is 0 Å². The van der Waals surface area contributed by atoms with Gasteiger partial charge in [0.25, 0.3) is 5.91 Å². The molecule has 1 aliphatic rings. The smallest absolute Gasteiger partial charge is 0.286 e. The summed E-state index contributed by atoms with van der Waals surface area (Å²) in [6, 6.07) is 13.3. The normalized spacial score (nSPS) is 14.8. The van der Waals surface area contributed by atoms with E-state index in [9.17, 15) is 9.59 Å². The average Bonchev–Trinajstić information content (AvgIpc) is 2.99. The number of benzene rings is 2. The maximum absolute atomic E-state index is 12.0. The van der Waals surface area contributed by atoms with Gasteiger partial charge < -0.3 is 14.8 Å². The summed E-state index contributed by atoms with van der Waals surface area (Å²) in [5, 5.41) is 2.80. The molecule has 0 spiro atoms. The van der Waals surface area contributed by atoms with Crippen molar-refractivity contribution < 1.29 is 19.1 Å². The topological polar surface area (TPSA) is 77.0 Å². The Morgan fingerprint density at radius 1 is 1.21 bits per heavy atom. The molecule has 2 aromatic carbocycles. The van der Waals surface area contributed by atoms with Gasteiger partial charge in [0.05, 0.1) is 12.0 Å². The molecular weight excluding hydrogens is 444 g/mol. The largest absolute Gasteiger partial charge is 0.493 e. The van der Waals surface area contributed by atoms with Crippen LogP contribution >= 0.6 is 27.7 Å². The van der Waals surface area contributed by atoms with Gasteiger partial charge in [0.1, 0.15) is 6.61 Å². The zero-order valence-electron chi connectivity index (χ0n) is 15.2. The minimum Gasteiger partial charge on any atom is -0.493 e. The van der Waals surface area contributed by atoms with E-state index >= 15 is 0 Å². The first-order chi connectivity index (χ1) is 13.4. The number of methoxy groups -OCH3 is 1. The molecular formula is C20H17BrN2O4S. The van der Waals surface area contributed by atoms with Crippen molar-refractivity contribution in [2.75, 3.05) is 7.11 Å². The molecule has 6 nitrogen and oxygen atoms in total. The molecule has 2 amide bonds. The van der Waals surface area contributed by atoms with Crippen LogP contribution in [0.1, 0.15) is 18.1 Å². The lowest BCUT2D eigenvalue weighted by Gasteiger charge is -2.11. The van der Waals surface area contributed by atoms with E-state index in [0.717, 1.165) is 27.4 Å². The third-order valence-corrected chi connectivity index (χ3v) is 5.12. The number of amides is 2. The summed E-state index contributed by atoms with van der Waals surface area (Å²) in [7, 11) is 1.56. The molecule has 0 unspecified atom stereocenters. The zero-order valence-corrected chi connectivity index (χ0v) is 17.6. The molecule has 1 N–H and O–H groups in total. The molecule has 0 fully saturated rings.